The van der Waals surface area contributed by atoms with Gasteiger partial charge in [0, 0.05) is 13.1 Å². The molecule has 0 aliphatic rings. The quantitative estimate of drug-likeness (QED) is 0.643. The van der Waals surface area contributed by atoms with Crippen molar-refractivity contribution in [2.45, 2.75) is 26.5 Å². The van der Waals surface area contributed by atoms with Gasteiger partial charge in [0.1, 0.15) is 5.75 Å². The summed E-state index contributed by atoms with van der Waals surface area (Å²) < 4.78 is 29.4. The third-order valence-electron chi connectivity index (χ3n) is 3.99. The highest BCUT2D eigenvalue weighted by atomic mass is 19.3. The average molecular weight is 377 g/mol. The maximum atomic E-state index is 12.5. The Kier molecular flexibility index (Phi) is 8.00. The Bertz CT molecular complexity index is 726. The number of ether oxygens (including phenoxy) is 1. The molecule has 0 spiro atoms. The number of carbonyl (C=O) groups excluding carboxylic acids is 1. The van der Waals surface area contributed by atoms with Gasteiger partial charge in [-0.3, -0.25) is 0 Å². The third-order valence-corrected chi connectivity index (χ3v) is 3.99. The van der Waals surface area contributed by atoms with E-state index in [2.05, 4.69) is 32.4 Å². The zero-order valence-electron chi connectivity index (χ0n) is 15.5. The van der Waals surface area contributed by atoms with Gasteiger partial charge in [0.15, 0.2) is 0 Å². The second-order valence-corrected chi connectivity index (χ2v) is 6.28. The number of nitrogens with zero attached hydrogens (tertiary/aromatic N) is 1. The van der Waals surface area contributed by atoms with Crippen LogP contribution in [0.1, 0.15) is 17.5 Å². The van der Waals surface area contributed by atoms with E-state index in [9.17, 15) is 13.6 Å². The molecule has 0 saturated carbocycles. The van der Waals surface area contributed by atoms with E-state index in [1.807, 2.05) is 25.2 Å². The van der Waals surface area contributed by atoms with Gasteiger partial charge in [-0.15, -0.1) is 0 Å². The molecule has 0 fully saturated rings. The number of para-hydroxylation sites is 1. The lowest BCUT2D eigenvalue weighted by Gasteiger charge is -2.17. The van der Waals surface area contributed by atoms with Crippen molar-refractivity contribution in [1.82, 2.24) is 10.2 Å². The summed E-state index contributed by atoms with van der Waals surface area (Å²) in [6.07, 6.45) is 0.769. The van der Waals surface area contributed by atoms with E-state index in [-0.39, 0.29) is 11.4 Å². The second-order valence-electron chi connectivity index (χ2n) is 6.28. The molecule has 0 heterocycles. The van der Waals surface area contributed by atoms with Crippen LogP contribution in [-0.4, -0.2) is 37.7 Å². The van der Waals surface area contributed by atoms with Crippen LogP contribution in [0.4, 0.5) is 19.3 Å². The van der Waals surface area contributed by atoms with Gasteiger partial charge in [-0.1, -0.05) is 42.5 Å². The van der Waals surface area contributed by atoms with Crippen LogP contribution in [0.25, 0.3) is 0 Å². The standard InChI is InChI=1S/C20H25F2N3O2/c1-15-8-6-11-17(27-19(21)22)18(15)24-20(26)23-12-7-13-25(2)14-16-9-4-3-5-10-16/h3-6,8-11,19H,7,12-14H2,1-2H3,(H2,23,24,26). The van der Waals surface area contributed by atoms with Crippen molar-refractivity contribution >= 4 is 11.7 Å². The average Bonchev–Trinajstić information content (AvgIpc) is 2.62. The molecule has 0 unspecified atom stereocenters. The summed E-state index contributed by atoms with van der Waals surface area (Å²) in [7, 11) is 2.02. The monoisotopic (exact) mass is 377 g/mol. The largest absolute Gasteiger partial charge is 0.433 e. The van der Waals surface area contributed by atoms with E-state index in [4.69, 9.17) is 0 Å². The maximum absolute atomic E-state index is 12.5. The van der Waals surface area contributed by atoms with Crippen molar-refractivity contribution in [3.63, 3.8) is 0 Å². The van der Waals surface area contributed by atoms with Crippen LogP contribution < -0.4 is 15.4 Å². The fraction of sp³-hybridized carbons (Fsp3) is 0.350. The van der Waals surface area contributed by atoms with Gasteiger partial charge in [-0.25, -0.2) is 4.79 Å². The molecule has 0 radical (unpaired) electrons. The molecule has 2 amide bonds. The van der Waals surface area contributed by atoms with Crippen LogP contribution in [0.15, 0.2) is 48.5 Å². The van der Waals surface area contributed by atoms with Crippen molar-refractivity contribution in [3.05, 3.63) is 59.7 Å². The van der Waals surface area contributed by atoms with Gasteiger partial charge < -0.3 is 20.3 Å². The molecule has 2 rings (SSSR count). The molecule has 2 N–H and O–H groups in total. The van der Waals surface area contributed by atoms with E-state index >= 15 is 0 Å². The third kappa shape index (κ3) is 7.22. The molecule has 0 atom stereocenters. The minimum Gasteiger partial charge on any atom is -0.433 e. The van der Waals surface area contributed by atoms with Gasteiger partial charge in [0.05, 0.1) is 5.69 Å². The van der Waals surface area contributed by atoms with Gasteiger partial charge >= 0.3 is 12.6 Å². The molecule has 0 bridgehead atoms. The van der Waals surface area contributed by atoms with Gasteiger partial charge in [0.25, 0.3) is 0 Å². The van der Waals surface area contributed by atoms with Gasteiger partial charge in [-0.2, -0.15) is 8.78 Å². The molecular formula is C20H25F2N3O2. The van der Waals surface area contributed by atoms with Crippen molar-refractivity contribution in [2.24, 2.45) is 0 Å². The second kappa shape index (κ2) is 10.5. The number of rotatable bonds is 9. The topological polar surface area (TPSA) is 53.6 Å². The van der Waals surface area contributed by atoms with Crippen LogP contribution in [0.5, 0.6) is 5.75 Å². The van der Waals surface area contributed by atoms with Crippen LogP contribution in [0, 0.1) is 6.92 Å². The van der Waals surface area contributed by atoms with E-state index in [0.717, 1.165) is 19.5 Å². The number of halogens is 2. The molecule has 2 aromatic carbocycles. The molecule has 7 heteroatoms. The number of amides is 2. The molecule has 0 aromatic heterocycles. The number of hydrogen-bond donors (Lipinski definition) is 2. The molecule has 0 aliphatic heterocycles. The summed E-state index contributed by atoms with van der Waals surface area (Å²) in [5, 5.41) is 5.33. The van der Waals surface area contributed by atoms with Gasteiger partial charge in [-0.05, 0) is 44.1 Å². The number of hydrogen-bond acceptors (Lipinski definition) is 3. The van der Waals surface area contributed by atoms with Gasteiger partial charge in [0.2, 0.25) is 0 Å². The number of alkyl halides is 2. The molecule has 27 heavy (non-hydrogen) atoms. The summed E-state index contributed by atoms with van der Waals surface area (Å²) in [4.78, 5) is 14.2. The number of nitrogens with one attached hydrogen (secondary N) is 2. The fourth-order valence-electron chi connectivity index (χ4n) is 2.68. The predicted molar refractivity (Wildman–Crippen MR) is 102 cm³/mol. The summed E-state index contributed by atoms with van der Waals surface area (Å²) >= 11 is 0. The Morgan fingerprint density at radius 1 is 1.15 bits per heavy atom. The Hall–Kier alpha value is -2.67. The lowest BCUT2D eigenvalue weighted by atomic mass is 10.2. The normalized spacial score (nSPS) is 10.9. The number of benzene rings is 2. The minimum atomic E-state index is -2.95. The highest BCUT2D eigenvalue weighted by Crippen LogP contribution is 2.29. The first-order chi connectivity index (χ1) is 13.0. The van der Waals surface area contributed by atoms with E-state index in [1.165, 1.54) is 11.6 Å². The zero-order valence-corrected chi connectivity index (χ0v) is 15.5. The van der Waals surface area contributed by atoms with Crippen LogP contribution in [-0.2, 0) is 6.54 Å². The van der Waals surface area contributed by atoms with Crippen molar-refractivity contribution in [1.29, 1.82) is 0 Å². The van der Waals surface area contributed by atoms with Crippen molar-refractivity contribution in [2.75, 3.05) is 25.5 Å². The fourth-order valence-corrected chi connectivity index (χ4v) is 2.68. The molecule has 2 aromatic rings. The number of carbonyl (C=O) groups is 1. The molecular weight excluding hydrogens is 352 g/mol. The SMILES string of the molecule is Cc1cccc(OC(F)F)c1NC(=O)NCCCN(C)Cc1ccccc1. The van der Waals surface area contributed by atoms with E-state index < -0.39 is 12.6 Å². The summed E-state index contributed by atoms with van der Waals surface area (Å²) in [5.74, 6) is -0.0530. The molecule has 146 valence electrons. The van der Waals surface area contributed by atoms with Crippen molar-refractivity contribution < 1.29 is 18.3 Å². The van der Waals surface area contributed by atoms with Crippen LogP contribution >= 0.6 is 0 Å². The zero-order chi connectivity index (χ0) is 19.6. The predicted octanol–water partition coefficient (Wildman–Crippen LogP) is 4.24. The van der Waals surface area contributed by atoms with E-state index in [1.54, 1.807) is 19.1 Å². The summed E-state index contributed by atoms with van der Waals surface area (Å²) in [5.41, 5.74) is 2.12. The smallest absolute Gasteiger partial charge is 0.387 e. The minimum absolute atomic E-state index is 0.0530. The van der Waals surface area contributed by atoms with Crippen molar-refractivity contribution in [3.8, 4) is 5.75 Å². The summed E-state index contributed by atoms with van der Waals surface area (Å²) in [6.45, 7) is 0.897. The highest BCUT2D eigenvalue weighted by Gasteiger charge is 2.13. The molecule has 0 aliphatic carbocycles. The first-order valence-electron chi connectivity index (χ1n) is 8.77. The number of aryl methyl sites for hydroxylation is 1. The Labute approximate surface area is 158 Å². The molecule has 5 nitrogen and oxygen atoms in total. The Morgan fingerprint density at radius 2 is 1.89 bits per heavy atom. The first kappa shape index (κ1) is 20.6. The summed E-state index contributed by atoms with van der Waals surface area (Å²) in [6, 6.07) is 14.4. The lowest BCUT2D eigenvalue weighted by Crippen LogP contribution is -2.32. The molecule has 0 saturated heterocycles. The van der Waals surface area contributed by atoms with E-state index in [0.29, 0.717) is 12.1 Å². The number of anilines is 1. The lowest BCUT2D eigenvalue weighted by molar-refractivity contribution is -0.0493. The first-order valence-corrected chi connectivity index (χ1v) is 8.77. The highest BCUT2D eigenvalue weighted by molar-refractivity contribution is 5.91. The van der Waals surface area contributed by atoms with Crippen LogP contribution in [0.2, 0.25) is 0 Å². The Morgan fingerprint density at radius 3 is 2.59 bits per heavy atom. The Balaban J connectivity index is 1.75. The maximum Gasteiger partial charge on any atom is 0.387 e. The van der Waals surface area contributed by atoms with Crippen LogP contribution in [0.3, 0.4) is 0 Å². The number of urea groups is 1.